The standard InChI is InChI=1S/C51H32N4O/c1-4-13-33(14-5-1)36-19-12-20-38(29-36)50-52-49(35-17-8-3-9-18-35)53-51(54-50)39-24-27-43-44-28-25-40(32-48(44)56-47(43)31-39)55-45-22-11-10-21-41(45)42-26-23-37(30-46(42)55)34-15-6-2-7-16-34/h1-32H. The van der Waals surface area contributed by atoms with Crippen LogP contribution in [0.1, 0.15) is 0 Å². The molecule has 0 fully saturated rings. The van der Waals surface area contributed by atoms with E-state index in [1.54, 1.807) is 0 Å². The molecule has 3 aromatic heterocycles. The Morgan fingerprint density at radius 2 is 0.786 bits per heavy atom. The molecule has 0 N–H and O–H groups in total. The molecule has 0 unspecified atom stereocenters. The number of hydrogen-bond acceptors (Lipinski definition) is 4. The molecule has 0 saturated carbocycles. The van der Waals surface area contributed by atoms with Gasteiger partial charge in [-0.1, -0.05) is 146 Å². The summed E-state index contributed by atoms with van der Waals surface area (Å²) in [4.78, 5) is 15.1. The predicted octanol–water partition coefficient (Wildman–Crippen LogP) is 13.2. The van der Waals surface area contributed by atoms with Crippen LogP contribution in [0.3, 0.4) is 0 Å². The Morgan fingerprint density at radius 1 is 0.304 bits per heavy atom. The molecule has 0 atom stereocenters. The molecule has 3 heterocycles. The molecule has 0 amide bonds. The molecule has 0 spiro atoms. The fourth-order valence-corrected chi connectivity index (χ4v) is 7.92. The number of rotatable bonds is 6. The van der Waals surface area contributed by atoms with E-state index in [4.69, 9.17) is 19.4 Å². The lowest BCUT2D eigenvalue weighted by Crippen LogP contribution is -2.00. The lowest BCUT2D eigenvalue weighted by molar-refractivity contribution is 0.668. The van der Waals surface area contributed by atoms with Crippen molar-refractivity contribution in [3.05, 3.63) is 194 Å². The van der Waals surface area contributed by atoms with E-state index in [0.29, 0.717) is 17.5 Å². The van der Waals surface area contributed by atoms with Gasteiger partial charge in [0, 0.05) is 50.0 Å². The number of aromatic nitrogens is 4. The summed E-state index contributed by atoms with van der Waals surface area (Å²) in [7, 11) is 0. The van der Waals surface area contributed by atoms with Gasteiger partial charge in [0.25, 0.3) is 0 Å². The van der Waals surface area contributed by atoms with Gasteiger partial charge in [0.1, 0.15) is 11.2 Å². The summed E-state index contributed by atoms with van der Waals surface area (Å²) < 4.78 is 9.03. The van der Waals surface area contributed by atoms with Gasteiger partial charge < -0.3 is 8.98 Å². The van der Waals surface area contributed by atoms with E-state index >= 15 is 0 Å². The van der Waals surface area contributed by atoms with Gasteiger partial charge in [-0.05, 0) is 64.7 Å². The topological polar surface area (TPSA) is 56.7 Å². The quantitative estimate of drug-likeness (QED) is 0.172. The van der Waals surface area contributed by atoms with E-state index in [-0.39, 0.29) is 0 Å². The second-order valence-electron chi connectivity index (χ2n) is 14.1. The number of hydrogen-bond donors (Lipinski definition) is 0. The third kappa shape index (κ3) is 5.45. The second-order valence-corrected chi connectivity index (χ2v) is 14.1. The van der Waals surface area contributed by atoms with Crippen molar-refractivity contribution in [2.75, 3.05) is 0 Å². The first-order valence-corrected chi connectivity index (χ1v) is 18.8. The van der Waals surface area contributed by atoms with Crippen molar-refractivity contribution in [2.45, 2.75) is 0 Å². The van der Waals surface area contributed by atoms with Crippen LogP contribution in [-0.2, 0) is 0 Å². The molecule has 56 heavy (non-hydrogen) atoms. The average Bonchev–Trinajstić information content (AvgIpc) is 3.81. The Hall–Kier alpha value is -7.63. The van der Waals surface area contributed by atoms with Crippen molar-refractivity contribution in [3.63, 3.8) is 0 Å². The highest BCUT2D eigenvalue weighted by molar-refractivity contribution is 6.11. The van der Waals surface area contributed by atoms with E-state index in [9.17, 15) is 0 Å². The SMILES string of the molecule is c1ccc(-c2cccc(-c3nc(-c4ccccc4)nc(-c4ccc5c(c4)oc4cc(-n6c7ccccc7c7ccc(-c8ccccc8)cc76)ccc45)n3)c2)cc1. The van der Waals surface area contributed by atoms with Crippen LogP contribution in [0.5, 0.6) is 0 Å². The minimum Gasteiger partial charge on any atom is -0.456 e. The van der Waals surface area contributed by atoms with E-state index in [0.717, 1.165) is 66.5 Å². The van der Waals surface area contributed by atoms with Crippen LogP contribution in [0.25, 0.3) is 106 Å². The molecule has 11 rings (SSSR count). The van der Waals surface area contributed by atoms with E-state index < -0.39 is 0 Å². The van der Waals surface area contributed by atoms with Gasteiger partial charge >= 0.3 is 0 Å². The highest BCUT2D eigenvalue weighted by atomic mass is 16.3. The van der Waals surface area contributed by atoms with Crippen molar-refractivity contribution in [3.8, 4) is 62.1 Å². The zero-order valence-corrected chi connectivity index (χ0v) is 30.2. The van der Waals surface area contributed by atoms with Crippen molar-refractivity contribution in [1.29, 1.82) is 0 Å². The van der Waals surface area contributed by atoms with Crippen LogP contribution in [0.4, 0.5) is 0 Å². The molecule has 0 saturated heterocycles. The van der Waals surface area contributed by atoms with Crippen LogP contribution < -0.4 is 0 Å². The summed E-state index contributed by atoms with van der Waals surface area (Å²) in [5.41, 5.74) is 12.3. The van der Waals surface area contributed by atoms with E-state index in [1.165, 1.54) is 21.9 Å². The van der Waals surface area contributed by atoms with Crippen molar-refractivity contribution in [2.24, 2.45) is 0 Å². The highest BCUT2D eigenvalue weighted by Gasteiger charge is 2.18. The molecule has 8 aromatic carbocycles. The van der Waals surface area contributed by atoms with Gasteiger partial charge in [-0.3, -0.25) is 0 Å². The van der Waals surface area contributed by atoms with Gasteiger partial charge in [0.15, 0.2) is 17.5 Å². The van der Waals surface area contributed by atoms with Crippen LogP contribution >= 0.6 is 0 Å². The molecule has 0 aliphatic carbocycles. The normalized spacial score (nSPS) is 11.6. The van der Waals surface area contributed by atoms with E-state index in [2.05, 4.69) is 162 Å². The summed E-state index contributed by atoms with van der Waals surface area (Å²) in [6, 6.07) is 67.5. The maximum absolute atomic E-state index is 6.68. The van der Waals surface area contributed by atoms with Gasteiger partial charge in [-0.25, -0.2) is 15.0 Å². The molecule has 5 nitrogen and oxygen atoms in total. The van der Waals surface area contributed by atoms with Crippen LogP contribution in [0.15, 0.2) is 199 Å². The Labute approximate surface area is 322 Å². The molecular formula is C51H32N4O. The Kier molecular flexibility index (Phi) is 7.42. The Bertz CT molecular complexity index is 3240. The number of furan rings is 1. The zero-order valence-electron chi connectivity index (χ0n) is 30.2. The molecule has 0 aliphatic rings. The van der Waals surface area contributed by atoms with E-state index in [1.807, 2.05) is 36.4 Å². The molecule has 0 aliphatic heterocycles. The predicted molar refractivity (Wildman–Crippen MR) is 229 cm³/mol. The average molecular weight is 717 g/mol. The number of para-hydroxylation sites is 1. The first kappa shape index (κ1) is 31.9. The molecule has 262 valence electrons. The Balaban J connectivity index is 1.04. The summed E-state index contributed by atoms with van der Waals surface area (Å²) in [5, 5.41) is 4.53. The molecule has 0 bridgehead atoms. The number of benzene rings is 8. The smallest absolute Gasteiger partial charge is 0.164 e. The fraction of sp³-hybridized carbons (Fsp3) is 0. The van der Waals surface area contributed by atoms with Gasteiger partial charge in [-0.2, -0.15) is 0 Å². The number of nitrogens with zero attached hydrogens (tertiary/aromatic N) is 4. The Morgan fingerprint density at radius 3 is 1.50 bits per heavy atom. The summed E-state index contributed by atoms with van der Waals surface area (Å²) >= 11 is 0. The zero-order chi connectivity index (χ0) is 37.0. The van der Waals surface area contributed by atoms with Crippen LogP contribution in [-0.4, -0.2) is 19.5 Å². The van der Waals surface area contributed by atoms with Gasteiger partial charge in [-0.15, -0.1) is 0 Å². The molecule has 0 radical (unpaired) electrons. The maximum Gasteiger partial charge on any atom is 0.164 e. The van der Waals surface area contributed by atoms with Crippen molar-refractivity contribution in [1.82, 2.24) is 19.5 Å². The summed E-state index contributed by atoms with van der Waals surface area (Å²) in [5.74, 6) is 1.82. The first-order chi connectivity index (χ1) is 27.7. The fourth-order valence-electron chi connectivity index (χ4n) is 7.92. The van der Waals surface area contributed by atoms with Gasteiger partial charge in [0.05, 0.1) is 11.0 Å². The molecular weight excluding hydrogens is 685 g/mol. The minimum absolute atomic E-state index is 0.585. The van der Waals surface area contributed by atoms with Crippen molar-refractivity contribution < 1.29 is 4.42 Å². The lowest BCUT2D eigenvalue weighted by Gasteiger charge is -2.09. The minimum atomic E-state index is 0.585. The second kappa shape index (κ2) is 13.0. The first-order valence-electron chi connectivity index (χ1n) is 18.8. The maximum atomic E-state index is 6.68. The third-order valence-corrected chi connectivity index (χ3v) is 10.6. The molecule has 5 heteroatoms. The largest absolute Gasteiger partial charge is 0.456 e. The third-order valence-electron chi connectivity index (χ3n) is 10.6. The van der Waals surface area contributed by atoms with Crippen molar-refractivity contribution >= 4 is 43.7 Å². The summed E-state index contributed by atoms with van der Waals surface area (Å²) in [6.45, 7) is 0. The monoisotopic (exact) mass is 716 g/mol. The number of fused-ring (bicyclic) bond motifs is 6. The van der Waals surface area contributed by atoms with Crippen LogP contribution in [0, 0.1) is 0 Å². The highest BCUT2D eigenvalue weighted by Crippen LogP contribution is 2.38. The molecule has 11 aromatic rings. The lowest BCUT2D eigenvalue weighted by atomic mass is 10.0. The van der Waals surface area contributed by atoms with Gasteiger partial charge in [0.2, 0.25) is 0 Å². The summed E-state index contributed by atoms with van der Waals surface area (Å²) in [6.07, 6.45) is 0. The van der Waals surface area contributed by atoms with Crippen LogP contribution in [0.2, 0.25) is 0 Å².